The lowest BCUT2D eigenvalue weighted by Gasteiger charge is -2.15. The molecule has 0 saturated carbocycles. The number of halogens is 3. The van der Waals surface area contributed by atoms with Gasteiger partial charge in [0.1, 0.15) is 5.82 Å². The van der Waals surface area contributed by atoms with Crippen LogP contribution in [0, 0.1) is 5.82 Å². The second-order valence-corrected chi connectivity index (χ2v) is 4.43. The highest BCUT2D eigenvalue weighted by Crippen LogP contribution is 2.31. The topological polar surface area (TPSA) is 43.8 Å². The van der Waals surface area contributed by atoms with E-state index in [-0.39, 0.29) is 10.6 Å². The van der Waals surface area contributed by atoms with Crippen molar-refractivity contribution in [1.29, 1.82) is 0 Å². The van der Waals surface area contributed by atoms with Gasteiger partial charge in [0.15, 0.2) is 0 Å². The zero-order valence-electron chi connectivity index (χ0n) is 8.99. The van der Waals surface area contributed by atoms with E-state index in [1.165, 1.54) is 23.0 Å². The molecule has 0 radical (unpaired) electrons. The number of aryl methyl sites for hydroxylation is 1. The molecule has 1 aromatic heterocycles. The number of rotatable bonds is 2. The van der Waals surface area contributed by atoms with Gasteiger partial charge in [0, 0.05) is 17.6 Å². The number of nitrogens with two attached hydrogens (primary N) is 1. The average molecular weight is 274 g/mol. The zero-order valence-corrected chi connectivity index (χ0v) is 10.5. The van der Waals surface area contributed by atoms with Crippen LogP contribution in [0.15, 0.2) is 24.4 Å². The monoisotopic (exact) mass is 273 g/mol. The Balaban J connectivity index is 2.55. The van der Waals surface area contributed by atoms with Crippen molar-refractivity contribution in [2.24, 2.45) is 12.8 Å². The van der Waals surface area contributed by atoms with E-state index in [4.69, 9.17) is 28.9 Å². The van der Waals surface area contributed by atoms with Crippen LogP contribution in [0.2, 0.25) is 10.0 Å². The van der Waals surface area contributed by atoms with Crippen molar-refractivity contribution in [2.45, 2.75) is 6.04 Å². The predicted octanol–water partition coefficient (Wildman–Crippen LogP) is 2.91. The summed E-state index contributed by atoms with van der Waals surface area (Å²) in [5.74, 6) is -0.456. The zero-order chi connectivity index (χ0) is 12.6. The number of aromatic nitrogens is 2. The molecule has 0 aliphatic heterocycles. The summed E-state index contributed by atoms with van der Waals surface area (Å²) in [6.45, 7) is 0. The molecule has 6 heteroatoms. The van der Waals surface area contributed by atoms with Gasteiger partial charge in [-0.15, -0.1) is 0 Å². The molecular weight excluding hydrogens is 264 g/mol. The van der Waals surface area contributed by atoms with Gasteiger partial charge in [0.2, 0.25) is 0 Å². The Hall–Kier alpha value is -1.10. The quantitative estimate of drug-likeness (QED) is 0.915. The van der Waals surface area contributed by atoms with Gasteiger partial charge in [0.05, 0.1) is 23.0 Å². The summed E-state index contributed by atoms with van der Waals surface area (Å²) in [7, 11) is 1.69. The van der Waals surface area contributed by atoms with Gasteiger partial charge in [-0.2, -0.15) is 5.10 Å². The van der Waals surface area contributed by atoms with Crippen LogP contribution in [-0.4, -0.2) is 9.78 Å². The lowest BCUT2D eigenvalue weighted by atomic mass is 10.0. The molecule has 0 saturated heterocycles. The van der Waals surface area contributed by atoms with Crippen molar-refractivity contribution in [2.75, 3.05) is 0 Å². The predicted molar refractivity (Wildman–Crippen MR) is 65.7 cm³/mol. The smallest absolute Gasteiger partial charge is 0.129 e. The molecule has 3 nitrogen and oxygen atoms in total. The molecule has 1 heterocycles. The first-order valence-electron chi connectivity index (χ1n) is 4.89. The first-order valence-corrected chi connectivity index (χ1v) is 5.65. The minimum absolute atomic E-state index is 0.222. The first kappa shape index (κ1) is 12.4. The second-order valence-electron chi connectivity index (χ2n) is 3.61. The first-order chi connectivity index (χ1) is 8.02. The molecule has 1 atom stereocenters. The van der Waals surface area contributed by atoms with E-state index in [0.717, 1.165) is 0 Å². The van der Waals surface area contributed by atoms with E-state index in [9.17, 15) is 4.39 Å². The standard InChI is InChI=1S/C11H10Cl2FN3/c1-17-11(7(13)5-16-17)10(15)9-6(12)3-2-4-8(9)14/h2-5,10H,15H2,1H3. The van der Waals surface area contributed by atoms with Crippen LogP contribution < -0.4 is 5.73 Å². The molecule has 1 aromatic carbocycles. The maximum atomic E-state index is 13.7. The molecule has 0 spiro atoms. The van der Waals surface area contributed by atoms with Crippen LogP contribution in [-0.2, 0) is 7.05 Å². The maximum Gasteiger partial charge on any atom is 0.129 e. The Morgan fingerprint density at radius 2 is 2.06 bits per heavy atom. The molecule has 2 aromatic rings. The minimum Gasteiger partial charge on any atom is -0.319 e. The molecule has 2 rings (SSSR count). The van der Waals surface area contributed by atoms with Gasteiger partial charge >= 0.3 is 0 Å². The van der Waals surface area contributed by atoms with Crippen molar-refractivity contribution in [3.05, 3.63) is 51.5 Å². The lowest BCUT2D eigenvalue weighted by Crippen LogP contribution is -2.18. The second kappa shape index (κ2) is 4.64. The van der Waals surface area contributed by atoms with Crippen molar-refractivity contribution >= 4 is 23.2 Å². The SMILES string of the molecule is Cn1ncc(Cl)c1C(N)c1c(F)cccc1Cl. The highest BCUT2D eigenvalue weighted by Gasteiger charge is 2.22. The Kier molecular flexibility index (Phi) is 3.38. The van der Waals surface area contributed by atoms with E-state index in [2.05, 4.69) is 5.10 Å². The molecule has 2 N–H and O–H groups in total. The van der Waals surface area contributed by atoms with E-state index in [1.807, 2.05) is 0 Å². The van der Waals surface area contributed by atoms with E-state index < -0.39 is 11.9 Å². The summed E-state index contributed by atoms with van der Waals surface area (Å²) < 4.78 is 15.2. The van der Waals surface area contributed by atoms with Gasteiger partial charge in [-0.1, -0.05) is 29.3 Å². The van der Waals surface area contributed by atoms with Crippen LogP contribution in [0.25, 0.3) is 0 Å². The normalized spacial score (nSPS) is 12.8. The van der Waals surface area contributed by atoms with Crippen molar-refractivity contribution in [1.82, 2.24) is 9.78 Å². The van der Waals surface area contributed by atoms with Crippen LogP contribution in [0.5, 0.6) is 0 Å². The summed E-state index contributed by atoms with van der Waals surface area (Å²) in [5.41, 5.74) is 6.74. The molecule has 1 unspecified atom stereocenters. The van der Waals surface area contributed by atoms with E-state index >= 15 is 0 Å². The summed E-state index contributed by atoms with van der Waals surface area (Å²) in [4.78, 5) is 0. The van der Waals surface area contributed by atoms with Crippen molar-refractivity contribution in [3.63, 3.8) is 0 Å². The number of hydrogen-bond acceptors (Lipinski definition) is 2. The van der Waals surface area contributed by atoms with Gasteiger partial charge in [-0.25, -0.2) is 4.39 Å². The third kappa shape index (κ3) is 2.16. The average Bonchev–Trinajstić information content (AvgIpc) is 2.58. The Bertz CT molecular complexity index is 514. The van der Waals surface area contributed by atoms with Gasteiger partial charge < -0.3 is 5.73 Å². The fraction of sp³-hybridized carbons (Fsp3) is 0.182. The Morgan fingerprint density at radius 3 is 2.59 bits per heavy atom. The largest absolute Gasteiger partial charge is 0.319 e. The molecule has 0 aliphatic carbocycles. The third-order valence-electron chi connectivity index (χ3n) is 2.54. The fourth-order valence-electron chi connectivity index (χ4n) is 1.71. The summed E-state index contributed by atoms with van der Waals surface area (Å²) in [6.07, 6.45) is 1.46. The molecule has 90 valence electrons. The summed E-state index contributed by atoms with van der Waals surface area (Å²) >= 11 is 11.9. The fourth-order valence-corrected chi connectivity index (χ4v) is 2.28. The Morgan fingerprint density at radius 1 is 1.35 bits per heavy atom. The summed E-state index contributed by atoms with van der Waals surface area (Å²) in [5, 5.41) is 4.62. The summed E-state index contributed by atoms with van der Waals surface area (Å²) in [6, 6.07) is 3.68. The molecule has 0 bridgehead atoms. The van der Waals surface area contributed by atoms with Gasteiger partial charge in [-0.3, -0.25) is 4.68 Å². The molecule has 0 aliphatic rings. The number of hydrogen-bond donors (Lipinski definition) is 1. The van der Waals surface area contributed by atoms with Crippen molar-refractivity contribution < 1.29 is 4.39 Å². The number of benzene rings is 1. The van der Waals surface area contributed by atoms with E-state index in [0.29, 0.717) is 10.7 Å². The number of nitrogens with zero attached hydrogens (tertiary/aromatic N) is 2. The van der Waals surface area contributed by atoms with Crippen LogP contribution >= 0.6 is 23.2 Å². The molecule has 17 heavy (non-hydrogen) atoms. The van der Waals surface area contributed by atoms with Crippen LogP contribution in [0.4, 0.5) is 4.39 Å². The van der Waals surface area contributed by atoms with Crippen molar-refractivity contribution in [3.8, 4) is 0 Å². The van der Waals surface area contributed by atoms with Gasteiger partial charge in [0.25, 0.3) is 0 Å². The molecular formula is C11H10Cl2FN3. The van der Waals surface area contributed by atoms with Gasteiger partial charge in [-0.05, 0) is 12.1 Å². The Labute approximate surface area is 108 Å². The molecule has 0 amide bonds. The minimum atomic E-state index is -0.747. The van der Waals surface area contributed by atoms with Crippen LogP contribution in [0.1, 0.15) is 17.3 Å². The lowest BCUT2D eigenvalue weighted by molar-refractivity contribution is 0.586. The van der Waals surface area contributed by atoms with E-state index in [1.54, 1.807) is 13.1 Å². The van der Waals surface area contributed by atoms with Crippen LogP contribution in [0.3, 0.4) is 0 Å². The highest BCUT2D eigenvalue weighted by molar-refractivity contribution is 6.32. The maximum absolute atomic E-state index is 13.7. The molecule has 0 fully saturated rings. The highest BCUT2D eigenvalue weighted by atomic mass is 35.5. The third-order valence-corrected chi connectivity index (χ3v) is 3.16.